The maximum atomic E-state index is 7.82. The average molecular weight is 158 g/mol. The lowest BCUT2D eigenvalue weighted by atomic mass is 10.7. The van der Waals surface area contributed by atoms with E-state index >= 15 is 0 Å². The number of halogens is 1. The third kappa shape index (κ3) is 1.59. The van der Waals surface area contributed by atoms with Gasteiger partial charge in [-0.05, 0) is 0 Å². The highest BCUT2D eigenvalue weighted by molar-refractivity contribution is 6.30. The van der Waals surface area contributed by atoms with Crippen LogP contribution in [0, 0.1) is 0 Å². The minimum Gasteiger partial charge on any atom is -0.360 e. The van der Waals surface area contributed by atoms with Crippen molar-refractivity contribution in [1.29, 1.82) is 0 Å². The molecule has 0 spiro atoms. The van der Waals surface area contributed by atoms with Gasteiger partial charge in [0.25, 0.3) is 0 Å². The summed E-state index contributed by atoms with van der Waals surface area (Å²) in [5, 5.41) is 12.6. The van der Waals surface area contributed by atoms with E-state index in [1.807, 2.05) is 0 Å². The predicted octanol–water partition coefficient (Wildman–Crippen LogP) is 1.69. The molecule has 0 saturated heterocycles. The molecule has 0 aromatic carbocycles. The highest BCUT2D eigenvalue weighted by atomic mass is 35.5. The van der Waals surface area contributed by atoms with Crippen molar-refractivity contribution in [3.8, 4) is 0 Å². The van der Waals surface area contributed by atoms with Crippen molar-refractivity contribution >= 4 is 11.6 Å². The van der Waals surface area contributed by atoms with Crippen molar-refractivity contribution in [2.45, 2.75) is 0 Å². The van der Waals surface area contributed by atoms with Gasteiger partial charge >= 0.3 is 0 Å². The van der Waals surface area contributed by atoms with Crippen LogP contribution in [0.4, 0.5) is 0 Å². The molecule has 1 heterocycles. The monoisotopic (exact) mass is 157 g/mol. The first-order valence-corrected chi connectivity index (χ1v) is 2.66. The second-order valence-corrected chi connectivity index (χ2v) is 1.78. The SMILES string of the molecule is [N-]=N/N=N/n1cc(Cl)cn1. The van der Waals surface area contributed by atoms with Crippen molar-refractivity contribution in [1.82, 2.24) is 9.89 Å². The van der Waals surface area contributed by atoms with Crippen LogP contribution in [-0.2, 0) is 0 Å². The first-order chi connectivity index (χ1) is 4.83. The molecular weight excluding hydrogens is 156 g/mol. The molecule has 0 saturated carbocycles. The van der Waals surface area contributed by atoms with E-state index in [1.165, 1.54) is 12.4 Å². The number of hydrogen-bond donors (Lipinski definition) is 0. The average Bonchev–Trinajstić information content (AvgIpc) is 2.31. The molecular formula is C3H2ClN6-. The highest BCUT2D eigenvalue weighted by Crippen LogP contribution is 2.03. The number of hydrogen-bond acceptors (Lipinski definition) is 2. The standard InChI is InChI=1S/C3H2ClN6/c4-3-1-6-10(2-3)9-8-7-5/h1-2H/q-1/b9-8+. The third-order valence-electron chi connectivity index (χ3n) is 0.710. The van der Waals surface area contributed by atoms with Gasteiger partial charge in [0.2, 0.25) is 0 Å². The van der Waals surface area contributed by atoms with E-state index in [2.05, 4.69) is 20.8 Å². The Hall–Kier alpha value is -1.30. The van der Waals surface area contributed by atoms with E-state index in [-0.39, 0.29) is 0 Å². The van der Waals surface area contributed by atoms with Crippen molar-refractivity contribution in [2.75, 3.05) is 0 Å². The van der Waals surface area contributed by atoms with Crippen molar-refractivity contribution in [2.24, 2.45) is 15.7 Å². The highest BCUT2D eigenvalue weighted by Gasteiger charge is 1.88. The van der Waals surface area contributed by atoms with E-state index in [4.69, 9.17) is 17.1 Å². The molecule has 0 radical (unpaired) electrons. The first kappa shape index (κ1) is 6.81. The van der Waals surface area contributed by atoms with E-state index in [9.17, 15) is 0 Å². The molecule has 7 heteroatoms. The summed E-state index contributed by atoms with van der Waals surface area (Å²) in [6, 6.07) is 0. The normalized spacial score (nSPS) is 10.5. The van der Waals surface area contributed by atoms with Gasteiger partial charge in [-0.1, -0.05) is 11.6 Å². The molecule has 1 rings (SSSR count). The lowest BCUT2D eigenvalue weighted by Crippen LogP contribution is -1.83. The van der Waals surface area contributed by atoms with Crippen molar-refractivity contribution in [3.05, 3.63) is 22.9 Å². The van der Waals surface area contributed by atoms with Crippen LogP contribution >= 0.6 is 11.6 Å². The summed E-state index contributed by atoms with van der Waals surface area (Å²) in [5.74, 6) is 0. The minimum absolute atomic E-state index is 0.442. The molecule has 52 valence electrons. The van der Waals surface area contributed by atoms with Gasteiger partial charge in [-0.15, -0.1) is 5.22 Å². The van der Waals surface area contributed by atoms with Crippen LogP contribution in [0.3, 0.4) is 0 Å². The fraction of sp³-hybridized carbons (Fsp3) is 0. The number of rotatable bonds is 2. The van der Waals surface area contributed by atoms with Gasteiger partial charge in [-0.25, -0.2) is 5.22 Å². The van der Waals surface area contributed by atoms with Crippen LogP contribution < -0.4 is 0 Å². The number of aromatic nitrogens is 2. The Bertz CT molecular complexity index is 251. The van der Waals surface area contributed by atoms with E-state index < -0.39 is 0 Å². The van der Waals surface area contributed by atoms with E-state index in [0.29, 0.717) is 5.02 Å². The minimum atomic E-state index is 0.442. The van der Waals surface area contributed by atoms with Gasteiger partial charge < -0.3 is 5.53 Å². The molecule has 0 fully saturated rings. The third-order valence-corrected chi connectivity index (χ3v) is 0.905. The molecule has 0 amide bonds. The summed E-state index contributed by atoms with van der Waals surface area (Å²) in [7, 11) is 0. The Morgan fingerprint density at radius 3 is 3.00 bits per heavy atom. The Labute approximate surface area is 61.0 Å². The summed E-state index contributed by atoms with van der Waals surface area (Å²) in [6.07, 6.45) is 2.80. The topological polar surface area (TPSA) is 77.2 Å². The molecule has 6 nitrogen and oxygen atoms in total. The quantitative estimate of drug-likeness (QED) is 0.475. The smallest absolute Gasteiger partial charge is 0.0809 e. The Morgan fingerprint density at radius 2 is 2.50 bits per heavy atom. The van der Waals surface area contributed by atoms with Crippen LogP contribution in [-0.4, -0.2) is 9.89 Å². The molecule has 1 aromatic rings. The zero-order chi connectivity index (χ0) is 7.40. The van der Waals surface area contributed by atoms with Gasteiger partial charge in [0.05, 0.1) is 17.4 Å². The van der Waals surface area contributed by atoms with Crippen LogP contribution in [0.2, 0.25) is 5.02 Å². The van der Waals surface area contributed by atoms with Gasteiger partial charge in [-0.3, -0.25) is 5.22 Å². The summed E-state index contributed by atoms with van der Waals surface area (Å²) in [6.45, 7) is 0. The Kier molecular flexibility index (Phi) is 2.06. The van der Waals surface area contributed by atoms with Crippen LogP contribution in [0.25, 0.3) is 5.53 Å². The second kappa shape index (κ2) is 3.02. The number of nitrogens with zero attached hydrogens (tertiary/aromatic N) is 6. The van der Waals surface area contributed by atoms with Crippen LogP contribution in [0.1, 0.15) is 0 Å². The summed E-state index contributed by atoms with van der Waals surface area (Å²) in [4.78, 5) is 1.07. The zero-order valence-corrected chi connectivity index (χ0v) is 5.47. The molecule has 0 bridgehead atoms. The van der Waals surface area contributed by atoms with Crippen LogP contribution in [0.15, 0.2) is 28.1 Å². The molecule has 0 N–H and O–H groups in total. The van der Waals surface area contributed by atoms with E-state index in [0.717, 1.165) is 4.79 Å². The van der Waals surface area contributed by atoms with Crippen LogP contribution in [0.5, 0.6) is 0 Å². The molecule has 0 atom stereocenters. The van der Waals surface area contributed by atoms with Gasteiger partial charge in [0.15, 0.2) is 0 Å². The molecule has 0 aliphatic carbocycles. The van der Waals surface area contributed by atoms with Gasteiger partial charge in [0.1, 0.15) is 0 Å². The second-order valence-electron chi connectivity index (χ2n) is 1.35. The predicted molar refractivity (Wildman–Crippen MR) is 33.3 cm³/mol. The van der Waals surface area contributed by atoms with Gasteiger partial charge in [-0.2, -0.15) is 9.89 Å². The molecule has 1 aromatic heterocycles. The molecule has 0 aliphatic heterocycles. The maximum absolute atomic E-state index is 7.82. The summed E-state index contributed by atoms with van der Waals surface area (Å²) >= 11 is 5.46. The fourth-order valence-electron chi connectivity index (χ4n) is 0.399. The maximum Gasteiger partial charge on any atom is 0.0809 e. The molecule has 10 heavy (non-hydrogen) atoms. The Balaban J connectivity index is 2.75. The lowest BCUT2D eigenvalue weighted by Gasteiger charge is -1.88. The summed E-state index contributed by atoms with van der Waals surface area (Å²) < 4.78 is 0. The van der Waals surface area contributed by atoms with Crippen molar-refractivity contribution in [3.63, 3.8) is 0 Å². The molecule has 0 aliphatic rings. The van der Waals surface area contributed by atoms with E-state index in [1.54, 1.807) is 0 Å². The zero-order valence-electron chi connectivity index (χ0n) is 4.72. The first-order valence-electron chi connectivity index (χ1n) is 2.28. The molecule has 0 unspecified atom stereocenters. The largest absolute Gasteiger partial charge is 0.360 e. The lowest BCUT2D eigenvalue weighted by molar-refractivity contribution is 0.670. The summed E-state index contributed by atoms with van der Waals surface area (Å²) in [5.41, 5.74) is 7.82. The Morgan fingerprint density at radius 1 is 1.70 bits per heavy atom. The fourth-order valence-corrected chi connectivity index (χ4v) is 0.530. The van der Waals surface area contributed by atoms with Crippen molar-refractivity contribution < 1.29 is 0 Å². The van der Waals surface area contributed by atoms with Gasteiger partial charge in [0, 0.05) is 0 Å².